The molecule has 2 aromatic rings. The number of carbonyl (C=O) groups is 3. The van der Waals surface area contributed by atoms with Crippen LogP contribution in [0.3, 0.4) is 0 Å². The summed E-state index contributed by atoms with van der Waals surface area (Å²) in [6, 6.07) is 5.03. The summed E-state index contributed by atoms with van der Waals surface area (Å²) in [5.74, 6) is -1.07. The Morgan fingerprint density at radius 1 is 1.03 bits per heavy atom. The van der Waals surface area contributed by atoms with Crippen LogP contribution < -0.4 is 16.0 Å². The van der Waals surface area contributed by atoms with Crippen molar-refractivity contribution in [3.8, 4) is 0 Å². The van der Waals surface area contributed by atoms with Crippen molar-refractivity contribution in [1.29, 1.82) is 0 Å². The van der Waals surface area contributed by atoms with Gasteiger partial charge in [-0.1, -0.05) is 0 Å². The molecule has 0 radical (unpaired) electrons. The van der Waals surface area contributed by atoms with Crippen molar-refractivity contribution in [3.05, 3.63) is 45.8 Å². The van der Waals surface area contributed by atoms with Gasteiger partial charge >= 0.3 is 6.03 Å². The number of ether oxygens (including phenoxy) is 1. The van der Waals surface area contributed by atoms with Gasteiger partial charge in [0.15, 0.2) is 0 Å². The molecule has 0 unspecified atom stereocenters. The summed E-state index contributed by atoms with van der Waals surface area (Å²) in [6.45, 7) is 2.63. The number of likely N-dealkylation sites (N-methyl/N-ethyl adjacent to an activating group) is 1. The molecule has 0 bridgehead atoms. The first-order chi connectivity index (χ1) is 16.7. The molecule has 1 fully saturated rings. The molecule has 2 aliphatic heterocycles. The van der Waals surface area contributed by atoms with Gasteiger partial charge in [0, 0.05) is 43.7 Å². The minimum atomic E-state index is -3.67. The molecule has 11 nitrogen and oxygen atoms in total. The third-order valence-electron chi connectivity index (χ3n) is 5.88. The standard InChI is InChI=1S/C22H27N5O6S2/c1-23-22(30)25-20(29)18-16-7-8-26(2)13-17(16)34-21(18)24-19(28)14-3-5-15(6-4-14)35(31,32)27-9-11-33-12-10-27/h3-6H,7-13H2,1-2H3,(H,24,28)(H2,23,25,29,30). The maximum atomic E-state index is 13.0. The van der Waals surface area contributed by atoms with Gasteiger partial charge in [0.05, 0.1) is 23.7 Å². The third kappa shape index (κ3) is 5.38. The first-order valence-corrected chi connectivity index (χ1v) is 13.3. The highest BCUT2D eigenvalue weighted by molar-refractivity contribution is 7.89. The highest BCUT2D eigenvalue weighted by Crippen LogP contribution is 2.37. The topological polar surface area (TPSA) is 137 Å². The van der Waals surface area contributed by atoms with Crippen LogP contribution >= 0.6 is 11.3 Å². The fourth-order valence-electron chi connectivity index (χ4n) is 3.98. The molecule has 13 heteroatoms. The van der Waals surface area contributed by atoms with E-state index in [1.807, 2.05) is 7.05 Å². The van der Waals surface area contributed by atoms with E-state index in [2.05, 4.69) is 20.9 Å². The van der Waals surface area contributed by atoms with Gasteiger partial charge < -0.3 is 20.3 Å². The monoisotopic (exact) mass is 521 g/mol. The predicted molar refractivity (Wildman–Crippen MR) is 130 cm³/mol. The number of nitrogens with zero attached hydrogens (tertiary/aromatic N) is 2. The molecular formula is C22H27N5O6S2. The number of hydrogen-bond acceptors (Lipinski definition) is 8. The highest BCUT2D eigenvalue weighted by atomic mass is 32.2. The van der Waals surface area contributed by atoms with Crippen LogP contribution in [-0.4, -0.2) is 82.4 Å². The molecule has 1 aromatic carbocycles. The number of hydrogen-bond donors (Lipinski definition) is 3. The summed E-state index contributed by atoms with van der Waals surface area (Å²) < 4.78 is 32.2. The van der Waals surface area contributed by atoms with Crippen LogP contribution in [0.4, 0.5) is 9.80 Å². The van der Waals surface area contributed by atoms with Crippen LogP contribution in [0.1, 0.15) is 31.2 Å². The largest absolute Gasteiger partial charge is 0.379 e. The molecule has 3 heterocycles. The molecule has 3 N–H and O–H groups in total. The van der Waals surface area contributed by atoms with E-state index in [4.69, 9.17) is 4.74 Å². The molecule has 4 amide bonds. The number of carbonyl (C=O) groups excluding carboxylic acids is 3. The molecule has 0 saturated carbocycles. The SMILES string of the molecule is CNC(=O)NC(=O)c1c(NC(=O)c2ccc(S(=O)(=O)N3CCOCC3)cc2)sc2c1CCN(C)C2. The first kappa shape index (κ1) is 25.3. The Labute approximate surface area is 207 Å². The zero-order valence-corrected chi connectivity index (χ0v) is 21.1. The number of urea groups is 1. The lowest BCUT2D eigenvalue weighted by molar-refractivity contribution is 0.0730. The molecule has 1 aromatic heterocycles. The second-order valence-electron chi connectivity index (χ2n) is 8.22. The van der Waals surface area contributed by atoms with Crippen molar-refractivity contribution in [3.63, 3.8) is 0 Å². The van der Waals surface area contributed by atoms with Crippen molar-refractivity contribution in [1.82, 2.24) is 19.8 Å². The van der Waals surface area contributed by atoms with Crippen LogP contribution in [0.25, 0.3) is 0 Å². The Kier molecular flexibility index (Phi) is 7.52. The molecule has 2 aliphatic rings. The number of imide groups is 1. The number of rotatable bonds is 5. The lowest BCUT2D eigenvalue weighted by Gasteiger charge is -2.26. The Morgan fingerprint density at radius 2 is 1.71 bits per heavy atom. The van der Waals surface area contributed by atoms with Gasteiger partial charge in [0.2, 0.25) is 10.0 Å². The molecule has 1 saturated heterocycles. The number of amides is 4. The highest BCUT2D eigenvalue weighted by Gasteiger charge is 2.29. The van der Waals surface area contributed by atoms with Crippen molar-refractivity contribution >= 4 is 44.2 Å². The number of nitrogens with one attached hydrogen (secondary N) is 3. The molecule has 0 spiro atoms. The quantitative estimate of drug-likeness (QED) is 0.535. The van der Waals surface area contributed by atoms with Gasteiger partial charge in [-0.15, -0.1) is 11.3 Å². The number of anilines is 1. The van der Waals surface area contributed by atoms with E-state index >= 15 is 0 Å². The fraction of sp³-hybridized carbons (Fsp3) is 0.409. The summed E-state index contributed by atoms with van der Waals surface area (Å²) in [4.78, 5) is 40.7. The molecule has 0 atom stereocenters. The van der Waals surface area contributed by atoms with Crippen LogP contribution in [0.2, 0.25) is 0 Å². The van der Waals surface area contributed by atoms with Gasteiger partial charge in [0.1, 0.15) is 5.00 Å². The molecular weight excluding hydrogens is 494 g/mol. The Balaban J connectivity index is 1.56. The lowest BCUT2D eigenvalue weighted by Crippen LogP contribution is -2.40. The number of benzene rings is 1. The van der Waals surface area contributed by atoms with E-state index in [-0.39, 0.29) is 29.1 Å². The average molecular weight is 522 g/mol. The number of sulfonamides is 1. The van der Waals surface area contributed by atoms with E-state index < -0.39 is 27.9 Å². The summed E-state index contributed by atoms with van der Waals surface area (Å²) in [6.07, 6.45) is 0.614. The summed E-state index contributed by atoms with van der Waals surface area (Å²) in [7, 11) is -0.296. The molecule has 35 heavy (non-hydrogen) atoms. The molecule has 4 rings (SSSR count). The zero-order chi connectivity index (χ0) is 25.2. The van der Waals surface area contributed by atoms with E-state index in [0.717, 1.165) is 17.0 Å². The minimum absolute atomic E-state index is 0.0937. The smallest absolute Gasteiger partial charge is 0.321 e. The van der Waals surface area contributed by atoms with Gasteiger partial charge in [-0.2, -0.15) is 4.31 Å². The molecule has 0 aliphatic carbocycles. The Morgan fingerprint density at radius 3 is 2.37 bits per heavy atom. The minimum Gasteiger partial charge on any atom is -0.379 e. The van der Waals surface area contributed by atoms with Crippen molar-refractivity contribution in [2.24, 2.45) is 0 Å². The van der Waals surface area contributed by atoms with Crippen LogP contribution in [-0.2, 0) is 27.7 Å². The Bertz CT molecular complexity index is 1240. The maximum absolute atomic E-state index is 13.0. The second kappa shape index (κ2) is 10.4. The summed E-state index contributed by atoms with van der Waals surface area (Å²) in [5.41, 5.74) is 1.34. The fourth-order valence-corrected chi connectivity index (χ4v) is 6.71. The van der Waals surface area contributed by atoms with E-state index in [1.54, 1.807) is 0 Å². The number of thiophene rings is 1. The first-order valence-electron chi connectivity index (χ1n) is 11.1. The summed E-state index contributed by atoms with van der Waals surface area (Å²) in [5, 5.41) is 7.76. The van der Waals surface area contributed by atoms with Gasteiger partial charge in [-0.05, 0) is 43.3 Å². The maximum Gasteiger partial charge on any atom is 0.321 e. The summed E-state index contributed by atoms with van der Waals surface area (Å²) >= 11 is 1.30. The number of morpholine rings is 1. The van der Waals surface area contributed by atoms with Gasteiger partial charge in [-0.25, -0.2) is 13.2 Å². The van der Waals surface area contributed by atoms with E-state index in [0.29, 0.717) is 31.2 Å². The second-order valence-corrected chi connectivity index (χ2v) is 11.3. The lowest BCUT2D eigenvalue weighted by atomic mass is 10.0. The Hall–Kier alpha value is -2.84. The van der Waals surface area contributed by atoms with Crippen molar-refractivity contribution in [2.75, 3.05) is 52.3 Å². The van der Waals surface area contributed by atoms with E-state index in [9.17, 15) is 22.8 Å². The zero-order valence-electron chi connectivity index (χ0n) is 19.4. The average Bonchev–Trinajstić information content (AvgIpc) is 3.21. The van der Waals surface area contributed by atoms with Crippen LogP contribution in [0, 0.1) is 0 Å². The van der Waals surface area contributed by atoms with Gasteiger partial charge in [0.25, 0.3) is 11.8 Å². The normalized spacial score (nSPS) is 16.9. The predicted octanol–water partition coefficient (Wildman–Crippen LogP) is 1.08. The van der Waals surface area contributed by atoms with Gasteiger partial charge in [-0.3, -0.25) is 14.9 Å². The van der Waals surface area contributed by atoms with Crippen LogP contribution in [0.15, 0.2) is 29.2 Å². The number of fused-ring (bicyclic) bond motifs is 1. The van der Waals surface area contributed by atoms with E-state index in [1.165, 1.54) is 47.0 Å². The molecule has 188 valence electrons. The third-order valence-corrected chi connectivity index (χ3v) is 8.93. The van der Waals surface area contributed by atoms with Crippen molar-refractivity contribution in [2.45, 2.75) is 17.9 Å². The van der Waals surface area contributed by atoms with Crippen LogP contribution in [0.5, 0.6) is 0 Å². The van der Waals surface area contributed by atoms with Crippen molar-refractivity contribution < 1.29 is 27.5 Å².